The first kappa shape index (κ1) is 4.51. The van der Waals surface area contributed by atoms with Crippen LogP contribution in [0.1, 0.15) is 13.3 Å². The van der Waals surface area contributed by atoms with E-state index >= 15 is 0 Å². The molecule has 0 nitrogen and oxygen atoms in total. The van der Waals surface area contributed by atoms with E-state index in [2.05, 4.69) is 19.6 Å². The van der Waals surface area contributed by atoms with Gasteiger partial charge in [0.25, 0.3) is 0 Å². The van der Waals surface area contributed by atoms with Crippen LogP contribution in [-0.4, -0.2) is 5.75 Å². The molecule has 2 atom stereocenters. The highest BCUT2D eigenvalue weighted by molar-refractivity contribution is 7.80. The SMILES string of the molecule is CC1CC1CS. The lowest BCUT2D eigenvalue weighted by Gasteiger charge is -1.78. The molecule has 1 rings (SSSR count). The summed E-state index contributed by atoms with van der Waals surface area (Å²) in [6.45, 7) is 2.28. The number of hydrogen-bond acceptors (Lipinski definition) is 1. The molecule has 1 aliphatic carbocycles. The Bertz CT molecular complexity index is 49.9. The van der Waals surface area contributed by atoms with Gasteiger partial charge in [-0.1, -0.05) is 6.92 Å². The summed E-state index contributed by atoms with van der Waals surface area (Å²) in [6.07, 6.45) is 1.42. The second kappa shape index (κ2) is 1.45. The third-order valence-corrected chi connectivity index (χ3v) is 1.98. The summed E-state index contributed by atoms with van der Waals surface area (Å²) in [4.78, 5) is 0. The molecule has 0 aromatic heterocycles. The Morgan fingerprint density at radius 1 is 1.83 bits per heavy atom. The van der Waals surface area contributed by atoms with E-state index in [0.717, 1.165) is 17.6 Å². The van der Waals surface area contributed by atoms with Crippen LogP contribution in [0, 0.1) is 11.8 Å². The van der Waals surface area contributed by atoms with Gasteiger partial charge in [-0.2, -0.15) is 12.6 Å². The number of rotatable bonds is 1. The minimum Gasteiger partial charge on any atom is -0.179 e. The summed E-state index contributed by atoms with van der Waals surface area (Å²) >= 11 is 4.14. The zero-order chi connectivity index (χ0) is 4.57. The highest BCUT2D eigenvalue weighted by Gasteiger charge is 2.30. The zero-order valence-corrected chi connectivity index (χ0v) is 4.91. The van der Waals surface area contributed by atoms with Gasteiger partial charge in [-0.05, 0) is 24.0 Å². The number of thiol groups is 1. The third-order valence-electron chi connectivity index (χ3n) is 1.51. The van der Waals surface area contributed by atoms with Gasteiger partial charge in [0.2, 0.25) is 0 Å². The lowest BCUT2D eigenvalue weighted by molar-refractivity contribution is 0.847. The lowest BCUT2D eigenvalue weighted by atomic mass is 10.4. The van der Waals surface area contributed by atoms with Gasteiger partial charge in [0.05, 0.1) is 0 Å². The molecule has 1 heteroatoms. The average molecular weight is 102 g/mol. The van der Waals surface area contributed by atoms with Crippen molar-refractivity contribution in [2.75, 3.05) is 5.75 Å². The van der Waals surface area contributed by atoms with Gasteiger partial charge in [-0.25, -0.2) is 0 Å². The first-order valence-corrected chi connectivity index (χ1v) is 3.08. The predicted molar refractivity (Wildman–Crippen MR) is 31.1 cm³/mol. The normalized spacial score (nSPS) is 43.0. The van der Waals surface area contributed by atoms with E-state index in [-0.39, 0.29) is 0 Å². The molecule has 0 radical (unpaired) electrons. The Morgan fingerprint density at radius 3 is 2.33 bits per heavy atom. The smallest absolute Gasteiger partial charge is 0.00669 e. The summed E-state index contributed by atoms with van der Waals surface area (Å²) in [5.41, 5.74) is 0. The van der Waals surface area contributed by atoms with Crippen molar-refractivity contribution < 1.29 is 0 Å². The van der Waals surface area contributed by atoms with Gasteiger partial charge in [0.1, 0.15) is 0 Å². The minimum atomic E-state index is 0.966. The molecule has 0 aromatic carbocycles. The minimum absolute atomic E-state index is 0.966. The second-order valence-corrected chi connectivity index (χ2v) is 2.52. The predicted octanol–water partition coefficient (Wildman–Crippen LogP) is 1.57. The van der Waals surface area contributed by atoms with Crippen molar-refractivity contribution in [2.45, 2.75) is 13.3 Å². The third kappa shape index (κ3) is 0.700. The first-order chi connectivity index (χ1) is 2.84. The van der Waals surface area contributed by atoms with E-state index in [9.17, 15) is 0 Å². The van der Waals surface area contributed by atoms with E-state index in [1.54, 1.807) is 0 Å². The van der Waals surface area contributed by atoms with Crippen LogP contribution >= 0.6 is 12.6 Å². The molecule has 6 heavy (non-hydrogen) atoms. The Morgan fingerprint density at radius 2 is 2.33 bits per heavy atom. The summed E-state index contributed by atoms with van der Waals surface area (Å²) in [5, 5.41) is 0. The van der Waals surface area contributed by atoms with Crippen molar-refractivity contribution in [3.63, 3.8) is 0 Å². The van der Waals surface area contributed by atoms with Gasteiger partial charge >= 0.3 is 0 Å². The van der Waals surface area contributed by atoms with Gasteiger partial charge in [-0.3, -0.25) is 0 Å². The lowest BCUT2D eigenvalue weighted by Crippen LogP contribution is -1.74. The van der Waals surface area contributed by atoms with Gasteiger partial charge in [0.15, 0.2) is 0 Å². The molecule has 0 N–H and O–H groups in total. The van der Waals surface area contributed by atoms with E-state index in [1.807, 2.05) is 0 Å². The highest BCUT2D eigenvalue weighted by atomic mass is 32.1. The monoisotopic (exact) mass is 102 g/mol. The molecule has 0 aromatic rings. The summed E-state index contributed by atoms with van der Waals surface area (Å²) in [7, 11) is 0. The van der Waals surface area contributed by atoms with E-state index < -0.39 is 0 Å². The van der Waals surface area contributed by atoms with Crippen LogP contribution in [0.2, 0.25) is 0 Å². The topological polar surface area (TPSA) is 0 Å². The standard InChI is InChI=1S/C5H10S/c1-4-2-5(4)3-6/h4-6H,2-3H2,1H3. The molecule has 2 unspecified atom stereocenters. The molecule has 0 aliphatic heterocycles. The molecule has 0 saturated heterocycles. The molecule has 1 fully saturated rings. The fraction of sp³-hybridized carbons (Fsp3) is 1.00. The van der Waals surface area contributed by atoms with Crippen LogP contribution in [0.15, 0.2) is 0 Å². The second-order valence-electron chi connectivity index (χ2n) is 2.16. The largest absolute Gasteiger partial charge is 0.179 e. The Labute approximate surface area is 44.3 Å². The van der Waals surface area contributed by atoms with E-state index in [1.165, 1.54) is 6.42 Å². The average Bonchev–Trinajstić information content (AvgIpc) is 2.19. The first-order valence-electron chi connectivity index (χ1n) is 2.45. The van der Waals surface area contributed by atoms with Crippen LogP contribution in [0.3, 0.4) is 0 Å². The van der Waals surface area contributed by atoms with Gasteiger partial charge in [0, 0.05) is 0 Å². The molecular formula is C5H10S. The Hall–Kier alpha value is 0.350. The van der Waals surface area contributed by atoms with Crippen molar-refractivity contribution in [3.05, 3.63) is 0 Å². The molecule has 1 aliphatic rings. The zero-order valence-electron chi connectivity index (χ0n) is 4.02. The van der Waals surface area contributed by atoms with Crippen LogP contribution in [0.25, 0.3) is 0 Å². The highest BCUT2D eigenvalue weighted by Crippen LogP contribution is 2.37. The van der Waals surface area contributed by atoms with E-state index in [4.69, 9.17) is 0 Å². The Kier molecular flexibility index (Phi) is 1.09. The van der Waals surface area contributed by atoms with Gasteiger partial charge in [-0.15, -0.1) is 0 Å². The maximum Gasteiger partial charge on any atom is -0.00669 e. The molecule has 1 saturated carbocycles. The van der Waals surface area contributed by atoms with Gasteiger partial charge < -0.3 is 0 Å². The van der Waals surface area contributed by atoms with Crippen molar-refractivity contribution in [1.82, 2.24) is 0 Å². The molecule has 0 heterocycles. The van der Waals surface area contributed by atoms with Crippen LogP contribution in [0.4, 0.5) is 0 Å². The summed E-state index contributed by atoms with van der Waals surface area (Å²) in [5.74, 6) is 3.05. The van der Waals surface area contributed by atoms with E-state index in [0.29, 0.717) is 0 Å². The molecule has 0 bridgehead atoms. The fourth-order valence-corrected chi connectivity index (χ4v) is 1.16. The van der Waals surface area contributed by atoms with Crippen LogP contribution in [-0.2, 0) is 0 Å². The molecule has 0 amide bonds. The summed E-state index contributed by atoms with van der Waals surface area (Å²) < 4.78 is 0. The molecule has 0 spiro atoms. The van der Waals surface area contributed by atoms with Crippen molar-refractivity contribution in [2.24, 2.45) is 11.8 Å². The summed E-state index contributed by atoms with van der Waals surface area (Å²) in [6, 6.07) is 0. The molecular weight excluding hydrogens is 92.1 g/mol. The van der Waals surface area contributed by atoms with Crippen molar-refractivity contribution in [3.8, 4) is 0 Å². The fourth-order valence-electron chi connectivity index (χ4n) is 0.653. The maximum atomic E-state index is 4.14. The van der Waals surface area contributed by atoms with Crippen LogP contribution < -0.4 is 0 Å². The molecule has 36 valence electrons. The van der Waals surface area contributed by atoms with Crippen LogP contribution in [0.5, 0.6) is 0 Å². The maximum absolute atomic E-state index is 4.14. The quantitative estimate of drug-likeness (QED) is 0.477. The van der Waals surface area contributed by atoms with Crippen molar-refractivity contribution in [1.29, 1.82) is 0 Å². The Balaban J connectivity index is 2.09. The van der Waals surface area contributed by atoms with Crippen molar-refractivity contribution >= 4 is 12.6 Å². The number of hydrogen-bond donors (Lipinski definition) is 1.